The smallest absolute Gasteiger partial charge is 0.303 e. The predicted octanol–water partition coefficient (Wildman–Crippen LogP) is 11.4. The second kappa shape index (κ2) is 19.6. The Bertz CT molecular complexity index is 3160. The number of benzene rings is 5. The molecule has 0 unspecified atom stereocenters. The van der Waals surface area contributed by atoms with E-state index in [4.69, 9.17) is 4.74 Å². The molecule has 68 heavy (non-hydrogen) atoms. The van der Waals surface area contributed by atoms with E-state index in [9.17, 15) is 35.8 Å². The normalized spacial score (nSPS) is 18.1. The Labute approximate surface area is 400 Å². The first-order chi connectivity index (χ1) is 32.3. The molecule has 0 spiro atoms. The lowest BCUT2D eigenvalue weighted by molar-refractivity contribution is -0.438. The monoisotopic (exact) mass is 957 g/mol. The molecule has 1 aliphatic carbocycles. The van der Waals surface area contributed by atoms with Gasteiger partial charge in [0.05, 0.1) is 16.9 Å². The summed E-state index contributed by atoms with van der Waals surface area (Å²) in [6.07, 6.45) is 13.2. The van der Waals surface area contributed by atoms with Crippen molar-refractivity contribution >= 4 is 64.8 Å². The van der Waals surface area contributed by atoms with Crippen molar-refractivity contribution in [1.29, 1.82) is 0 Å². The lowest BCUT2D eigenvalue weighted by Gasteiger charge is -2.28. The number of aliphatic carboxylic acids is 1. The number of hydrogen-bond donors (Lipinski definition) is 3. The summed E-state index contributed by atoms with van der Waals surface area (Å²) in [6.45, 7) is 10.0. The molecule has 0 atom stereocenters. The number of carboxylic acid groups (broad SMARTS) is 1. The number of fused-ring (bicyclic) bond motifs is 6. The third-order valence-electron chi connectivity index (χ3n) is 13.7. The van der Waals surface area contributed by atoms with Gasteiger partial charge >= 0.3 is 5.97 Å². The molecular formula is C55H61N2O9S2+. The molecule has 2 aliphatic heterocycles. The summed E-state index contributed by atoms with van der Waals surface area (Å²) in [5.41, 5.74) is 8.71. The van der Waals surface area contributed by atoms with Gasteiger partial charge in [-0.15, -0.1) is 0 Å². The minimum absolute atomic E-state index is 0.0296. The molecule has 5 aromatic rings. The van der Waals surface area contributed by atoms with Gasteiger partial charge in [0.25, 0.3) is 20.2 Å². The summed E-state index contributed by atoms with van der Waals surface area (Å²) in [4.78, 5) is 13.6. The van der Waals surface area contributed by atoms with Gasteiger partial charge in [0.15, 0.2) is 5.71 Å². The molecule has 2 heterocycles. The number of anilines is 1. The van der Waals surface area contributed by atoms with Crippen molar-refractivity contribution in [1.82, 2.24) is 0 Å². The molecule has 3 aliphatic rings. The molecule has 11 nitrogen and oxygen atoms in total. The molecule has 0 aromatic heterocycles. The van der Waals surface area contributed by atoms with Gasteiger partial charge in [-0.05, 0) is 139 Å². The molecule has 0 saturated carbocycles. The fourth-order valence-electron chi connectivity index (χ4n) is 10.5. The highest BCUT2D eigenvalue weighted by Gasteiger charge is 2.46. The van der Waals surface area contributed by atoms with Gasteiger partial charge in [-0.1, -0.05) is 86.7 Å². The van der Waals surface area contributed by atoms with Gasteiger partial charge in [0.1, 0.15) is 18.1 Å². The van der Waals surface area contributed by atoms with E-state index in [0.29, 0.717) is 50.9 Å². The van der Waals surface area contributed by atoms with Crippen molar-refractivity contribution in [3.8, 4) is 5.75 Å². The average molecular weight is 958 g/mol. The van der Waals surface area contributed by atoms with Crippen LogP contribution >= 0.6 is 0 Å². The molecule has 5 aromatic carbocycles. The quantitative estimate of drug-likeness (QED) is 0.0438. The Kier molecular flexibility index (Phi) is 14.0. The molecule has 8 rings (SSSR count). The van der Waals surface area contributed by atoms with Gasteiger partial charge in [0.2, 0.25) is 5.69 Å². The van der Waals surface area contributed by atoms with Crippen LogP contribution in [0.25, 0.3) is 21.5 Å². The second-order valence-electron chi connectivity index (χ2n) is 19.2. The summed E-state index contributed by atoms with van der Waals surface area (Å²) in [5.74, 6) is -0.0946. The fourth-order valence-corrected chi connectivity index (χ4v) is 11.6. The number of rotatable bonds is 18. The number of carboxylic acids is 1. The minimum Gasteiger partial charge on any atom is -0.481 e. The van der Waals surface area contributed by atoms with Gasteiger partial charge < -0.3 is 14.7 Å². The lowest BCUT2D eigenvalue weighted by atomic mass is 9.78. The molecule has 0 radical (unpaired) electrons. The number of ether oxygens (including phenoxy) is 1. The summed E-state index contributed by atoms with van der Waals surface area (Å²) >= 11 is 0. The number of unbranched alkanes of at least 4 members (excludes halogenated alkanes) is 2. The first-order valence-electron chi connectivity index (χ1n) is 23.5. The van der Waals surface area contributed by atoms with E-state index in [1.54, 1.807) is 0 Å². The molecule has 0 amide bonds. The molecular weight excluding hydrogens is 897 g/mol. The maximum absolute atomic E-state index is 11.7. The Morgan fingerprint density at radius 2 is 1.35 bits per heavy atom. The SMILES string of the molecule is CC1(C)C(/C=C/C2=C(Oc3ccc(CCC(=O)O)cc3)C(=C/C=C3/N(CCCCS(=O)(=O)O)c4ccc5ccccc5c4C3(C)C)/CCC2)=[N+](CCCCS(=O)(=O)O)c2ccc3ccccc3c21. The van der Waals surface area contributed by atoms with E-state index in [1.807, 2.05) is 36.4 Å². The van der Waals surface area contributed by atoms with E-state index in [0.717, 1.165) is 86.1 Å². The van der Waals surface area contributed by atoms with Crippen molar-refractivity contribution < 1.29 is 45.2 Å². The third-order valence-corrected chi connectivity index (χ3v) is 15.3. The Balaban J connectivity index is 1.23. The van der Waals surface area contributed by atoms with Crippen LogP contribution in [0, 0.1) is 0 Å². The van der Waals surface area contributed by atoms with Crippen LogP contribution in [0.1, 0.15) is 95.8 Å². The number of allylic oxidation sites excluding steroid dienone is 7. The molecule has 13 heteroatoms. The van der Waals surface area contributed by atoms with Crippen molar-refractivity contribution in [3.05, 3.63) is 161 Å². The largest absolute Gasteiger partial charge is 0.481 e. The standard InChI is InChI=1S/C55H60N2O9S2/c1-54(2)48(56(34-9-11-36-67(60,61)62)46-29-23-39-14-5-7-18-44(39)51(46)54)31-25-41-16-13-17-42(53(41)66-43-27-20-38(21-28-43)22-33-50(58)59)26-32-49-55(3,4)52-45-19-8-6-15-40(45)24-30-47(52)57(49)35-10-12-37-68(63,64)65/h5-8,14-15,18-21,23-32H,9-13,16-17,22,33-37H2,1-4H3,(H2-,58,59,60,61,62,63,64,65)/p+1. The van der Waals surface area contributed by atoms with Crippen molar-refractivity contribution in [2.45, 2.75) is 96.3 Å². The van der Waals surface area contributed by atoms with Crippen LogP contribution in [0.3, 0.4) is 0 Å². The molecule has 356 valence electrons. The van der Waals surface area contributed by atoms with Crippen LogP contribution in [-0.2, 0) is 42.3 Å². The summed E-state index contributed by atoms with van der Waals surface area (Å²) in [5, 5.41) is 13.9. The molecule has 0 bridgehead atoms. The zero-order valence-corrected chi connectivity index (χ0v) is 40.9. The summed E-state index contributed by atoms with van der Waals surface area (Å²) < 4.78 is 75.0. The first-order valence-corrected chi connectivity index (χ1v) is 26.7. The van der Waals surface area contributed by atoms with Crippen LogP contribution in [0.5, 0.6) is 5.75 Å². The van der Waals surface area contributed by atoms with E-state index >= 15 is 0 Å². The van der Waals surface area contributed by atoms with E-state index in [-0.39, 0.29) is 17.9 Å². The Morgan fingerprint density at radius 1 is 0.721 bits per heavy atom. The highest BCUT2D eigenvalue weighted by atomic mass is 32.2. The van der Waals surface area contributed by atoms with Crippen LogP contribution in [-0.4, -0.2) is 71.9 Å². The molecule has 3 N–H and O–H groups in total. The fraction of sp³-hybridized carbons (Fsp3) is 0.345. The second-order valence-corrected chi connectivity index (χ2v) is 22.4. The van der Waals surface area contributed by atoms with E-state index in [1.165, 1.54) is 11.1 Å². The van der Waals surface area contributed by atoms with Crippen molar-refractivity contribution in [2.75, 3.05) is 29.5 Å². The highest BCUT2D eigenvalue weighted by Crippen LogP contribution is 2.51. The molecule has 0 saturated heterocycles. The van der Waals surface area contributed by atoms with Crippen molar-refractivity contribution in [3.63, 3.8) is 0 Å². The zero-order valence-electron chi connectivity index (χ0n) is 39.2. The Morgan fingerprint density at radius 3 is 2.01 bits per heavy atom. The average Bonchev–Trinajstić information content (AvgIpc) is 3.65. The maximum atomic E-state index is 11.7. The van der Waals surface area contributed by atoms with Crippen LogP contribution in [0.2, 0.25) is 0 Å². The van der Waals surface area contributed by atoms with Crippen LogP contribution < -0.4 is 9.64 Å². The topological polar surface area (TPSA) is 162 Å². The van der Waals surface area contributed by atoms with Gasteiger partial charge in [-0.25, -0.2) is 0 Å². The minimum atomic E-state index is -4.09. The van der Waals surface area contributed by atoms with Gasteiger partial charge in [-0.3, -0.25) is 13.9 Å². The lowest BCUT2D eigenvalue weighted by Crippen LogP contribution is -2.28. The van der Waals surface area contributed by atoms with E-state index < -0.39 is 37.0 Å². The van der Waals surface area contributed by atoms with Gasteiger partial charge in [-0.2, -0.15) is 21.4 Å². The van der Waals surface area contributed by atoms with Crippen LogP contribution in [0.4, 0.5) is 11.4 Å². The zero-order chi connectivity index (χ0) is 48.4. The predicted molar refractivity (Wildman–Crippen MR) is 272 cm³/mol. The summed E-state index contributed by atoms with van der Waals surface area (Å²) in [7, 11) is -8.19. The highest BCUT2D eigenvalue weighted by molar-refractivity contribution is 7.86. The number of hydrogen-bond acceptors (Lipinski definition) is 7. The number of carbonyl (C=O) groups is 1. The van der Waals surface area contributed by atoms with Crippen LogP contribution in [0.15, 0.2) is 144 Å². The molecule has 0 fully saturated rings. The van der Waals surface area contributed by atoms with Crippen molar-refractivity contribution in [2.24, 2.45) is 0 Å². The van der Waals surface area contributed by atoms with E-state index in [2.05, 4.69) is 122 Å². The maximum Gasteiger partial charge on any atom is 0.303 e. The first kappa shape index (κ1) is 48.6. The number of nitrogens with zero attached hydrogens (tertiary/aromatic N) is 2. The summed E-state index contributed by atoms with van der Waals surface area (Å²) in [6, 6.07) is 32.9. The van der Waals surface area contributed by atoms with Gasteiger partial charge in [0, 0.05) is 53.9 Å². The Hall–Kier alpha value is -5.86. The third kappa shape index (κ3) is 10.6. The number of aryl methyl sites for hydroxylation is 1.